The molecule has 1 N–H and O–H groups in total. The van der Waals surface area contributed by atoms with Crippen molar-refractivity contribution in [1.82, 2.24) is 9.62 Å². The summed E-state index contributed by atoms with van der Waals surface area (Å²) in [5, 5.41) is 3.49. The van der Waals surface area contributed by atoms with E-state index in [-0.39, 0.29) is 28.8 Å². The highest BCUT2D eigenvalue weighted by Gasteiger charge is 2.30. The molecule has 0 bridgehead atoms. The average molecular weight is 493 g/mol. The molecule has 6 nitrogen and oxygen atoms in total. The maximum absolute atomic E-state index is 13.5. The van der Waals surface area contributed by atoms with Gasteiger partial charge in [-0.3, -0.25) is 4.79 Å². The van der Waals surface area contributed by atoms with Crippen LogP contribution in [0.5, 0.6) is 5.75 Å². The molecule has 0 aromatic heterocycles. The largest absolute Gasteiger partial charge is 0.495 e. The fourth-order valence-electron chi connectivity index (χ4n) is 3.06. The Morgan fingerprint density at radius 1 is 1.00 bits per heavy atom. The number of carbonyl (C=O) groups excluding carboxylic acids is 1. The number of sulfonamides is 1. The van der Waals surface area contributed by atoms with Gasteiger partial charge in [-0.05, 0) is 35.4 Å². The van der Waals surface area contributed by atoms with Crippen molar-refractivity contribution in [3.8, 4) is 5.75 Å². The Kier molecular flexibility index (Phi) is 8.15. The lowest BCUT2D eigenvalue weighted by molar-refractivity contribution is -0.121. The van der Waals surface area contributed by atoms with Gasteiger partial charge in [-0.2, -0.15) is 4.31 Å². The lowest BCUT2D eigenvalue weighted by Crippen LogP contribution is -2.40. The molecule has 168 valence electrons. The van der Waals surface area contributed by atoms with Gasteiger partial charge in [0, 0.05) is 23.1 Å². The summed E-state index contributed by atoms with van der Waals surface area (Å²) < 4.78 is 33.4. The Morgan fingerprint density at radius 2 is 1.69 bits per heavy atom. The molecule has 0 atom stereocenters. The summed E-state index contributed by atoms with van der Waals surface area (Å²) in [4.78, 5) is 12.6. The maximum atomic E-state index is 13.5. The SMILES string of the molecule is COc1ccc(Cl)cc1S(=O)(=O)N(CC(=O)NCc1ccccc1Cl)Cc1ccccc1. The standard InChI is InChI=1S/C23H22Cl2N2O4S/c1-31-21-12-11-19(24)13-22(21)32(29,30)27(15-17-7-3-2-4-8-17)16-23(28)26-14-18-9-5-6-10-20(18)25/h2-13H,14-16H2,1H3,(H,26,28). The monoisotopic (exact) mass is 492 g/mol. The number of nitrogens with zero attached hydrogens (tertiary/aromatic N) is 1. The van der Waals surface area contributed by atoms with E-state index in [4.69, 9.17) is 27.9 Å². The van der Waals surface area contributed by atoms with Crippen LogP contribution in [0.1, 0.15) is 11.1 Å². The Hall–Kier alpha value is -2.58. The van der Waals surface area contributed by atoms with Crippen LogP contribution in [0.3, 0.4) is 0 Å². The van der Waals surface area contributed by atoms with Crippen molar-refractivity contribution in [3.05, 3.63) is 94.0 Å². The van der Waals surface area contributed by atoms with E-state index in [1.165, 1.54) is 25.3 Å². The van der Waals surface area contributed by atoms with Crippen LogP contribution in [0.15, 0.2) is 77.7 Å². The van der Waals surface area contributed by atoms with E-state index < -0.39 is 22.5 Å². The molecule has 0 heterocycles. The number of halogens is 2. The molecule has 9 heteroatoms. The van der Waals surface area contributed by atoms with Crippen molar-refractivity contribution < 1.29 is 17.9 Å². The third-order valence-electron chi connectivity index (χ3n) is 4.70. The van der Waals surface area contributed by atoms with Crippen LogP contribution in [0.4, 0.5) is 0 Å². The minimum Gasteiger partial charge on any atom is -0.495 e. The molecule has 0 aliphatic carbocycles. The van der Waals surface area contributed by atoms with Crippen molar-refractivity contribution in [2.45, 2.75) is 18.0 Å². The summed E-state index contributed by atoms with van der Waals surface area (Å²) in [7, 11) is -2.74. The molecule has 0 fully saturated rings. The van der Waals surface area contributed by atoms with Gasteiger partial charge in [-0.1, -0.05) is 71.7 Å². The Labute approximate surface area is 197 Å². The number of ether oxygens (including phenoxy) is 1. The lowest BCUT2D eigenvalue weighted by atomic mass is 10.2. The topological polar surface area (TPSA) is 75.7 Å². The second-order valence-electron chi connectivity index (χ2n) is 6.92. The zero-order valence-electron chi connectivity index (χ0n) is 17.3. The molecule has 3 aromatic rings. The summed E-state index contributed by atoms with van der Waals surface area (Å²) in [6.45, 7) is -0.214. The number of rotatable bonds is 9. The first kappa shape index (κ1) is 24.1. The van der Waals surface area contributed by atoms with Gasteiger partial charge in [0.1, 0.15) is 10.6 Å². The van der Waals surface area contributed by atoms with E-state index in [1.54, 1.807) is 42.5 Å². The molecule has 1 amide bonds. The van der Waals surface area contributed by atoms with Crippen LogP contribution in [-0.2, 0) is 27.9 Å². The van der Waals surface area contributed by atoms with Crippen molar-refractivity contribution in [1.29, 1.82) is 0 Å². The van der Waals surface area contributed by atoms with E-state index in [0.717, 1.165) is 15.4 Å². The van der Waals surface area contributed by atoms with E-state index in [0.29, 0.717) is 5.02 Å². The molecular formula is C23H22Cl2N2O4S. The molecule has 0 aliphatic heterocycles. The molecule has 3 aromatic carbocycles. The highest BCUT2D eigenvalue weighted by atomic mass is 35.5. The Bertz CT molecular complexity index is 1190. The van der Waals surface area contributed by atoms with E-state index in [2.05, 4.69) is 5.32 Å². The minimum absolute atomic E-state index is 0.00163. The second-order valence-corrected chi connectivity index (χ2v) is 9.67. The number of carbonyl (C=O) groups is 1. The van der Waals surface area contributed by atoms with Gasteiger partial charge in [0.2, 0.25) is 15.9 Å². The number of benzene rings is 3. The van der Waals surface area contributed by atoms with Gasteiger partial charge >= 0.3 is 0 Å². The smallest absolute Gasteiger partial charge is 0.247 e. The zero-order valence-corrected chi connectivity index (χ0v) is 19.6. The molecule has 0 aliphatic rings. The average Bonchev–Trinajstić information content (AvgIpc) is 2.78. The van der Waals surface area contributed by atoms with Crippen LogP contribution < -0.4 is 10.1 Å². The third-order valence-corrected chi connectivity index (χ3v) is 7.12. The predicted octanol–water partition coefficient (Wildman–Crippen LogP) is 4.51. The highest BCUT2D eigenvalue weighted by Crippen LogP contribution is 2.30. The van der Waals surface area contributed by atoms with Crippen LogP contribution >= 0.6 is 23.2 Å². The molecule has 32 heavy (non-hydrogen) atoms. The first-order valence-corrected chi connectivity index (χ1v) is 11.9. The van der Waals surface area contributed by atoms with Gasteiger partial charge in [-0.25, -0.2) is 8.42 Å². The van der Waals surface area contributed by atoms with Gasteiger partial charge in [-0.15, -0.1) is 0 Å². The highest BCUT2D eigenvalue weighted by molar-refractivity contribution is 7.89. The lowest BCUT2D eigenvalue weighted by Gasteiger charge is -2.23. The Balaban J connectivity index is 1.87. The summed E-state index contributed by atoms with van der Waals surface area (Å²) in [6, 6.07) is 20.5. The Morgan fingerprint density at radius 3 is 2.38 bits per heavy atom. The first-order chi connectivity index (χ1) is 15.3. The molecule has 0 unspecified atom stereocenters. The fourth-order valence-corrected chi connectivity index (χ4v) is 5.06. The fraction of sp³-hybridized carbons (Fsp3) is 0.174. The third kappa shape index (κ3) is 6.01. The predicted molar refractivity (Wildman–Crippen MR) is 125 cm³/mol. The number of amides is 1. The van der Waals surface area contributed by atoms with E-state index in [1.807, 2.05) is 12.1 Å². The van der Waals surface area contributed by atoms with E-state index in [9.17, 15) is 13.2 Å². The first-order valence-electron chi connectivity index (χ1n) is 9.69. The summed E-state index contributed by atoms with van der Waals surface area (Å²) >= 11 is 12.2. The summed E-state index contributed by atoms with van der Waals surface area (Å²) in [6.07, 6.45) is 0. The molecule has 0 saturated carbocycles. The maximum Gasteiger partial charge on any atom is 0.247 e. The zero-order chi connectivity index (χ0) is 23.1. The van der Waals surface area contributed by atoms with Crippen LogP contribution in [0, 0.1) is 0 Å². The van der Waals surface area contributed by atoms with Crippen LogP contribution in [0.2, 0.25) is 10.0 Å². The molecular weight excluding hydrogens is 471 g/mol. The molecule has 3 rings (SSSR count). The molecule has 0 spiro atoms. The number of hydrogen-bond acceptors (Lipinski definition) is 4. The number of hydrogen-bond donors (Lipinski definition) is 1. The quantitative estimate of drug-likeness (QED) is 0.476. The van der Waals surface area contributed by atoms with Crippen LogP contribution in [0.25, 0.3) is 0 Å². The van der Waals surface area contributed by atoms with Crippen molar-refractivity contribution >= 4 is 39.1 Å². The van der Waals surface area contributed by atoms with Crippen molar-refractivity contribution in [3.63, 3.8) is 0 Å². The number of nitrogens with one attached hydrogen (secondary N) is 1. The van der Waals surface area contributed by atoms with E-state index >= 15 is 0 Å². The van der Waals surface area contributed by atoms with Gasteiger partial charge < -0.3 is 10.1 Å². The molecule has 0 saturated heterocycles. The van der Waals surface area contributed by atoms with Gasteiger partial charge in [0.05, 0.1) is 13.7 Å². The van der Waals surface area contributed by atoms with Crippen molar-refractivity contribution in [2.24, 2.45) is 0 Å². The minimum atomic E-state index is -4.11. The number of methoxy groups -OCH3 is 1. The van der Waals surface area contributed by atoms with Crippen molar-refractivity contribution in [2.75, 3.05) is 13.7 Å². The normalized spacial score (nSPS) is 11.4. The second kappa shape index (κ2) is 10.8. The summed E-state index contributed by atoms with van der Waals surface area (Å²) in [5.41, 5.74) is 1.47. The van der Waals surface area contributed by atoms with Gasteiger partial charge in [0.15, 0.2) is 0 Å². The van der Waals surface area contributed by atoms with Crippen LogP contribution in [-0.4, -0.2) is 32.3 Å². The summed E-state index contributed by atoms with van der Waals surface area (Å²) in [5.74, 6) is -0.325. The van der Waals surface area contributed by atoms with Gasteiger partial charge in [0.25, 0.3) is 0 Å². The molecule has 0 radical (unpaired) electrons.